The number of nitro groups is 1. The average Bonchev–Trinajstić information content (AvgIpc) is 2.47. The second-order valence-corrected chi connectivity index (χ2v) is 5.94. The fourth-order valence-electron chi connectivity index (χ4n) is 3.04. The predicted octanol–water partition coefficient (Wildman–Crippen LogP) is 2.15. The zero-order chi connectivity index (χ0) is 16.4. The van der Waals surface area contributed by atoms with E-state index in [0.29, 0.717) is 11.3 Å². The van der Waals surface area contributed by atoms with Crippen LogP contribution in [-0.2, 0) is 4.74 Å². The molecule has 1 heterocycles. The number of aliphatic imine (C=N–C) groups is 1. The Kier molecular flexibility index (Phi) is 4.04. The number of hydrogen-bond donors (Lipinski definition) is 1. The summed E-state index contributed by atoms with van der Waals surface area (Å²) in [6.07, 6.45) is 5.56. The standard InChI is InChI=1S/C16H19N3O4/c1-22-15-11(3-2-4-13(15)19(20)21)12(17)6-8-18-14-5-7-16(14)9-23-10-16/h2-4,6,8,14H,5,7,9-10,17H2,1H3/b12-6-,18-8?. The van der Waals surface area contributed by atoms with Crippen molar-refractivity contribution in [1.82, 2.24) is 0 Å². The number of nitrogens with zero attached hydrogens (tertiary/aromatic N) is 2. The molecule has 0 bridgehead atoms. The monoisotopic (exact) mass is 317 g/mol. The maximum absolute atomic E-state index is 11.0. The van der Waals surface area contributed by atoms with E-state index in [-0.39, 0.29) is 22.9 Å². The Morgan fingerprint density at radius 2 is 2.35 bits per heavy atom. The van der Waals surface area contributed by atoms with Crippen LogP contribution in [0.4, 0.5) is 5.69 Å². The van der Waals surface area contributed by atoms with E-state index in [4.69, 9.17) is 15.2 Å². The van der Waals surface area contributed by atoms with Gasteiger partial charge in [-0.25, -0.2) is 0 Å². The molecule has 0 radical (unpaired) electrons. The van der Waals surface area contributed by atoms with Crippen molar-refractivity contribution in [1.29, 1.82) is 0 Å². The average molecular weight is 317 g/mol. The highest BCUT2D eigenvalue weighted by Gasteiger charge is 2.52. The van der Waals surface area contributed by atoms with Gasteiger partial charge in [0.1, 0.15) is 0 Å². The first-order valence-corrected chi connectivity index (χ1v) is 7.46. The van der Waals surface area contributed by atoms with E-state index in [9.17, 15) is 10.1 Å². The Labute approximate surface area is 133 Å². The molecule has 1 unspecified atom stereocenters. The smallest absolute Gasteiger partial charge is 0.311 e. The number of nitro benzene ring substituents is 1. The first kappa shape index (κ1) is 15.5. The highest BCUT2D eigenvalue weighted by atomic mass is 16.6. The zero-order valence-electron chi connectivity index (χ0n) is 12.9. The van der Waals surface area contributed by atoms with Gasteiger partial charge < -0.3 is 15.2 Å². The summed E-state index contributed by atoms with van der Waals surface area (Å²) < 4.78 is 10.4. The minimum atomic E-state index is -0.488. The summed E-state index contributed by atoms with van der Waals surface area (Å²) in [6, 6.07) is 4.95. The summed E-state index contributed by atoms with van der Waals surface area (Å²) in [4.78, 5) is 15.1. The van der Waals surface area contributed by atoms with Crippen LogP contribution in [0.5, 0.6) is 5.75 Å². The molecule has 0 aromatic heterocycles. The van der Waals surface area contributed by atoms with E-state index >= 15 is 0 Å². The Balaban J connectivity index is 1.78. The van der Waals surface area contributed by atoms with Crippen LogP contribution in [0.1, 0.15) is 18.4 Å². The minimum absolute atomic E-state index is 0.108. The topological polar surface area (TPSA) is 100.0 Å². The van der Waals surface area contributed by atoms with E-state index in [1.165, 1.54) is 13.2 Å². The molecule has 23 heavy (non-hydrogen) atoms. The van der Waals surface area contributed by atoms with Crippen molar-refractivity contribution in [2.24, 2.45) is 16.1 Å². The number of para-hydroxylation sites is 1. The van der Waals surface area contributed by atoms with Crippen molar-refractivity contribution in [2.75, 3.05) is 20.3 Å². The van der Waals surface area contributed by atoms with Crippen molar-refractivity contribution in [3.8, 4) is 5.75 Å². The van der Waals surface area contributed by atoms with Gasteiger partial charge in [-0.3, -0.25) is 15.1 Å². The number of benzene rings is 1. The predicted molar refractivity (Wildman–Crippen MR) is 86.6 cm³/mol. The lowest BCUT2D eigenvalue weighted by molar-refractivity contribution is -0.385. The van der Waals surface area contributed by atoms with Crippen LogP contribution in [0.15, 0.2) is 29.3 Å². The Bertz CT molecular complexity index is 674. The molecule has 1 saturated carbocycles. The van der Waals surface area contributed by atoms with Crippen LogP contribution in [0.25, 0.3) is 5.70 Å². The molecule has 7 heteroatoms. The van der Waals surface area contributed by atoms with Gasteiger partial charge in [0.15, 0.2) is 0 Å². The van der Waals surface area contributed by atoms with E-state index in [0.717, 1.165) is 26.1 Å². The van der Waals surface area contributed by atoms with Crippen molar-refractivity contribution < 1.29 is 14.4 Å². The lowest BCUT2D eigenvalue weighted by Crippen LogP contribution is -2.57. The first-order chi connectivity index (χ1) is 11.1. The summed E-state index contributed by atoms with van der Waals surface area (Å²) in [5.74, 6) is 0.159. The van der Waals surface area contributed by atoms with Gasteiger partial charge in [-0.1, -0.05) is 6.07 Å². The molecular weight excluding hydrogens is 298 g/mol. The van der Waals surface area contributed by atoms with Gasteiger partial charge in [-0.2, -0.15) is 0 Å². The Hall–Kier alpha value is -2.41. The molecule has 2 N–H and O–H groups in total. The number of methoxy groups -OCH3 is 1. The van der Waals surface area contributed by atoms with E-state index in [1.54, 1.807) is 24.4 Å². The Morgan fingerprint density at radius 3 is 2.87 bits per heavy atom. The van der Waals surface area contributed by atoms with Crippen LogP contribution in [-0.4, -0.2) is 37.5 Å². The molecule has 2 fully saturated rings. The van der Waals surface area contributed by atoms with Gasteiger partial charge in [-0.05, 0) is 25.0 Å². The number of hydrogen-bond acceptors (Lipinski definition) is 6. The molecule has 1 atom stereocenters. The molecule has 1 aromatic carbocycles. The molecule has 0 amide bonds. The highest BCUT2D eigenvalue weighted by molar-refractivity contribution is 5.86. The zero-order valence-corrected chi connectivity index (χ0v) is 12.9. The van der Waals surface area contributed by atoms with Crippen molar-refractivity contribution in [3.63, 3.8) is 0 Å². The van der Waals surface area contributed by atoms with Crippen LogP contribution >= 0.6 is 0 Å². The lowest BCUT2D eigenvalue weighted by Gasteiger charge is -2.53. The summed E-state index contributed by atoms with van der Waals surface area (Å²) in [6.45, 7) is 1.57. The van der Waals surface area contributed by atoms with Gasteiger partial charge in [0.2, 0.25) is 5.75 Å². The molecule has 1 aromatic rings. The van der Waals surface area contributed by atoms with Gasteiger partial charge in [0.05, 0.1) is 31.3 Å². The molecule has 1 saturated heterocycles. The molecule has 1 aliphatic heterocycles. The van der Waals surface area contributed by atoms with Crippen molar-refractivity contribution in [2.45, 2.75) is 18.9 Å². The molecule has 1 aliphatic carbocycles. The summed E-state index contributed by atoms with van der Waals surface area (Å²) in [7, 11) is 1.39. The number of ether oxygens (including phenoxy) is 2. The second-order valence-electron chi connectivity index (χ2n) is 5.94. The third-order valence-electron chi connectivity index (χ3n) is 4.63. The van der Waals surface area contributed by atoms with Crippen LogP contribution in [0.3, 0.4) is 0 Å². The van der Waals surface area contributed by atoms with E-state index < -0.39 is 4.92 Å². The maximum atomic E-state index is 11.0. The normalized spacial score (nSPS) is 22.7. The Morgan fingerprint density at radius 1 is 1.57 bits per heavy atom. The number of rotatable bonds is 5. The fourth-order valence-corrected chi connectivity index (χ4v) is 3.04. The molecule has 7 nitrogen and oxygen atoms in total. The summed E-state index contributed by atoms with van der Waals surface area (Å²) in [5, 5.41) is 11.0. The fraction of sp³-hybridized carbons (Fsp3) is 0.438. The molecule has 1 spiro atoms. The maximum Gasteiger partial charge on any atom is 0.311 e. The molecule has 122 valence electrons. The SMILES string of the molecule is COc1c(/C(N)=C/C=NC2CCC23COC3)cccc1[N+](=O)[O-]. The van der Waals surface area contributed by atoms with Gasteiger partial charge in [0.25, 0.3) is 0 Å². The largest absolute Gasteiger partial charge is 0.490 e. The molecule has 2 aliphatic rings. The van der Waals surface area contributed by atoms with Gasteiger partial charge in [-0.15, -0.1) is 0 Å². The van der Waals surface area contributed by atoms with Crippen LogP contribution in [0.2, 0.25) is 0 Å². The third kappa shape index (κ3) is 2.68. The quantitative estimate of drug-likeness (QED) is 0.509. The van der Waals surface area contributed by atoms with Crippen LogP contribution in [0, 0.1) is 15.5 Å². The minimum Gasteiger partial charge on any atom is -0.490 e. The van der Waals surface area contributed by atoms with E-state index in [2.05, 4.69) is 4.99 Å². The molecular formula is C16H19N3O4. The van der Waals surface area contributed by atoms with Crippen molar-refractivity contribution >= 4 is 17.6 Å². The van der Waals surface area contributed by atoms with Crippen molar-refractivity contribution in [3.05, 3.63) is 40.0 Å². The van der Waals surface area contributed by atoms with Crippen LogP contribution < -0.4 is 10.5 Å². The summed E-state index contributed by atoms with van der Waals surface area (Å²) >= 11 is 0. The second kappa shape index (κ2) is 6.00. The first-order valence-electron chi connectivity index (χ1n) is 7.46. The van der Waals surface area contributed by atoms with Gasteiger partial charge >= 0.3 is 5.69 Å². The summed E-state index contributed by atoms with van der Waals surface area (Å²) in [5.41, 5.74) is 7.04. The van der Waals surface area contributed by atoms with E-state index in [1.807, 2.05) is 0 Å². The van der Waals surface area contributed by atoms with Gasteiger partial charge in [0, 0.05) is 29.0 Å². The number of allylic oxidation sites excluding steroid dienone is 1. The third-order valence-corrected chi connectivity index (χ3v) is 4.63. The molecule has 3 rings (SSSR count). The lowest BCUT2D eigenvalue weighted by atomic mass is 9.63. The number of nitrogens with two attached hydrogens (primary N) is 1. The highest BCUT2D eigenvalue weighted by Crippen LogP contribution is 2.48.